The first-order valence-electron chi connectivity index (χ1n) is 14.3. The first-order valence-corrected chi connectivity index (χ1v) is 14.3. The van der Waals surface area contributed by atoms with Gasteiger partial charge in [-0.1, -0.05) is 34.1 Å². The highest BCUT2D eigenvalue weighted by Crippen LogP contribution is 2.69. The van der Waals surface area contributed by atoms with Crippen molar-refractivity contribution in [2.24, 2.45) is 51.7 Å². The number of esters is 1. The number of carbonyl (C=O) groups is 2. The summed E-state index contributed by atoms with van der Waals surface area (Å²) in [5.74, 6) is -0.927. The van der Waals surface area contributed by atoms with Crippen LogP contribution >= 0.6 is 0 Å². The molecule has 4 saturated carbocycles. The molecule has 4 aliphatic rings. The van der Waals surface area contributed by atoms with Crippen LogP contribution in [0, 0.1) is 34.5 Å². The van der Waals surface area contributed by atoms with Crippen LogP contribution in [0.3, 0.4) is 0 Å². The van der Waals surface area contributed by atoms with Gasteiger partial charge in [0.05, 0.1) is 6.10 Å². The van der Waals surface area contributed by atoms with Crippen molar-refractivity contribution < 1.29 is 24.5 Å². The number of fused-ring (bicyclic) bond motifs is 5. The van der Waals surface area contributed by atoms with E-state index in [0.717, 1.165) is 31.3 Å². The number of carbonyl (C=O) groups excluding carboxylic acids is 1. The van der Waals surface area contributed by atoms with Crippen molar-refractivity contribution in [2.45, 2.75) is 122 Å². The minimum atomic E-state index is -0.940. The summed E-state index contributed by atoms with van der Waals surface area (Å²) in [5.41, 5.74) is 20.8. The van der Waals surface area contributed by atoms with Crippen molar-refractivity contribution in [1.82, 2.24) is 0 Å². The van der Waals surface area contributed by atoms with Crippen molar-refractivity contribution >= 4 is 11.9 Å². The zero-order valence-corrected chi connectivity index (χ0v) is 23.3. The molecule has 0 saturated heterocycles. The highest BCUT2D eigenvalue weighted by Gasteiger charge is 2.71. The van der Waals surface area contributed by atoms with Gasteiger partial charge in [-0.2, -0.15) is 0 Å². The summed E-state index contributed by atoms with van der Waals surface area (Å²) in [7, 11) is 0. The predicted molar refractivity (Wildman–Crippen MR) is 142 cm³/mol. The van der Waals surface area contributed by atoms with E-state index in [1.165, 1.54) is 6.92 Å². The number of carboxylic acid groups (broad SMARTS) is 1. The van der Waals surface area contributed by atoms with Crippen LogP contribution < -0.4 is 17.2 Å². The van der Waals surface area contributed by atoms with Gasteiger partial charge in [0.2, 0.25) is 0 Å². The van der Waals surface area contributed by atoms with E-state index in [1.807, 2.05) is 0 Å². The largest absolute Gasteiger partial charge is 0.478 e. The highest BCUT2D eigenvalue weighted by atomic mass is 16.5. The number of rotatable bonds is 6. The van der Waals surface area contributed by atoms with E-state index in [9.17, 15) is 19.8 Å². The van der Waals surface area contributed by atoms with E-state index in [-0.39, 0.29) is 35.3 Å². The van der Waals surface area contributed by atoms with Gasteiger partial charge in [-0.05, 0) is 91.4 Å². The number of aliphatic carboxylic acids is 1. The van der Waals surface area contributed by atoms with E-state index < -0.39 is 35.1 Å². The second kappa shape index (κ2) is 9.92. The molecule has 0 aromatic rings. The molecule has 8 N–H and O–H groups in total. The normalized spacial score (nSPS) is 46.6. The maximum atomic E-state index is 12.6. The molecule has 0 aromatic carbocycles. The summed E-state index contributed by atoms with van der Waals surface area (Å²) in [6, 6.07) is -0.538. The molecular formula is C29H49N3O5. The molecule has 0 spiro atoms. The second-order valence-corrected chi connectivity index (χ2v) is 13.5. The molecule has 0 bridgehead atoms. The Bertz CT molecular complexity index is 952. The molecule has 8 nitrogen and oxygen atoms in total. The van der Waals surface area contributed by atoms with E-state index in [2.05, 4.69) is 27.7 Å². The quantitative estimate of drug-likeness (QED) is 0.264. The van der Waals surface area contributed by atoms with Crippen molar-refractivity contribution in [2.75, 3.05) is 0 Å². The third-order valence-electron chi connectivity index (χ3n) is 11.1. The van der Waals surface area contributed by atoms with Gasteiger partial charge in [0.25, 0.3) is 0 Å². The lowest BCUT2D eigenvalue weighted by Gasteiger charge is -2.68. The molecule has 4 aliphatic carbocycles. The van der Waals surface area contributed by atoms with E-state index in [4.69, 9.17) is 21.9 Å². The Morgan fingerprint density at radius 2 is 1.84 bits per heavy atom. The summed E-state index contributed by atoms with van der Waals surface area (Å²) in [6.45, 7) is 10.1. The molecule has 0 heterocycles. The summed E-state index contributed by atoms with van der Waals surface area (Å²) < 4.78 is 5.85. The molecule has 210 valence electrons. The van der Waals surface area contributed by atoms with E-state index in [0.29, 0.717) is 43.6 Å². The van der Waals surface area contributed by atoms with Crippen molar-refractivity contribution in [3.63, 3.8) is 0 Å². The van der Waals surface area contributed by atoms with Crippen molar-refractivity contribution in [3.05, 3.63) is 11.1 Å². The number of carboxylic acids is 1. The summed E-state index contributed by atoms with van der Waals surface area (Å²) in [6.07, 6.45) is 5.08. The Morgan fingerprint density at radius 1 is 1.16 bits per heavy atom. The minimum absolute atomic E-state index is 0.0231. The lowest BCUT2D eigenvalue weighted by Crippen LogP contribution is -2.76. The van der Waals surface area contributed by atoms with Crippen LogP contribution in [0.2, 0.25) is 0 Å². The molecule has 0 aliphatic heterocycles. The molecule has 37 heavy (non-hydrogen) atoms. The monoisotopic (exact) mass is 519 g/mol. The smallest absolute Gasteiger partial charge is 0.331 e. The molecule has 10 atom stereocenters. The van der Waals surface area contributed by atoms with Crippen LogP contribution in [0.1, 0.15) is 92.4 Å². The standard InChI is InChI=1S/C29H49N3O5/c1-15(2)7-6-8-17(26(35)36)23-19-13-20(30)25-27(4)11-10-21(34)24(31)18(27)9-12-29(25,32)28(19,5)14-22(23)37-16(3)33/h15,18-22,24-25,34H,6-14,30-32H2,1-5H3,(H,35,36)/b23-17-/t18-,19-,20-,21+,22-,24-,25-,27-,28-,29+/m0/s1. The lowest BCUT2D eigenvalue weighted by atomic mass is 9.39. The average molecular weight is 520 g/mol. The minimum Gasteiger partial charge on any atom is -0.478 e. The van der Waals surface area contributed by atoms with Gasteiger partial charge in [-0.25, -0.2) is 4.79 Å². The van der Waals surface area contributed by atoms with Gasteiger partial charge in [0.1, 0.15) is 6.10 Å². The Labute approximate surface area is 221 Å². The van der Waals surface area contributed by atoms with Crippen molar-refractivity contribution in [3.8, 4) is 0 Å². The predicted octanol–water partition coefficient (Wildman–Crippen LogP) is 3.09. The Balaban J connectivity index is 1.80. The van der Waals surface area contributed by atoms with Gasteiger partial charge in [0, 0.05) is 30.1 Å². The molecule has 4 rings (SSSR count). The van der Waals surface area contributed by atoms with Crippen LogP contribution in [0.25, 0.3) is 0 Å². The zero-order chi connectivity index (χ0) is 27.5. The SMILES string of the molecule is CC(=O)O[C@H]1C[C@@]2(C)[C@@H](C[C@H](N)[C@H]3[C@@]4(C)CC[C@@H](O)[C@@H](N)[C@@H]4CC[C@@]32N)/C1=C(\CCCC(C)C)C(=O)O. The fourth-order valence-electron chi connectivity index (χ4n) is 9.39. The first-order chi connectivity index (χ1) is 17.2. The van der Waals surface area contributed by atoms with E-state index >= 15 is 0 Å². The number of hydrogen-bond donors (Lipinski definition) is 5. The molecular weight excluding hydrogens is 470 g/mol. The second-order valence-electron chi connectivity index (χ2n) is 13.5. The third-order valence-corrected chi connectivity index (χ3v) is 11.1. The van der Waals surface area contributed by atoms with Gasteiger partial charge in [-0.3, -0.25) is 4.79 Å². The van der Waals surface area contributed by atoms with Gasteiger partial charge < -0.3 is 32.2 Å². The van der Waals surface area contributed by atoms with Crippen LogP contribution in [-0.4, -0.2) is 52.0 Å². The Hall–Kier alpha value is -1.48. The van der Waals surface area contributed by atoms with E-state index in [1.54, 1.807) is 0 Å². The fraction of sp³-hybridized carbons (Fsp3) is 0.862. The maximum absolute atomic E-state index is 12.6. The average Bonchev–Trinajstić information content (AvgIpc) is 3.05. The maximum Gasteiger partial charge on any atom is 0.331 e. The molecule has 8 heteroatoms. The number of ether oxygens (including phenoxy) is 1. The van der Waals surface area contributed by atoms with Gasteiger partial charge in [0.15, 0.2) is 0 Å². The van der Waals surface area contributed by atoms with Gasteiger partial charge in [-0.15, -0.1) is 0 Å². The summed E-state index contributed by atoms with van der Waals surface area (Å²) in [4.78, 5) is 24.8. The Kier molecular flexibility index (Phi) is 7.65. The lowest BCUT2D eigenvalue weighted by molar-refractivity contribution is -0.160. The summed E-state index contributed by atoms with van der Waals surface area (Å²) in [5, 5.41) is 20.9. The van der Waals surface area contributed by atoms with Crippen LogP contribution in [0.15, 0.2) is 11.1 Å². The number of aliphatic hydroxyl groups is 1. The number of nitrogens with two attached hydrogens (primary N) is 3. The summed E-state index contributed by atoms with van der Waals surface area (Å²) >= 11 is 0. The molecule has 0 radical (unpaired) electrons. The van der Waals surface area contributed by atoms with Crippen LogP contribution in [0.5, 0.6) is 0 Å². The number of aliphatic hydroxyl groups excluding tert-OH is 1. The third kappa shape index (κ3) is 4.46. The topological polar surface area (TPSA) is 162 Å². The molecule has 0 aromatic heterocycles. The molecule has 4 fully saturated rings. The van der Waals surface area contributed by atoms with Crippen LogP contribution in [-0.2, 0) is 14.3 Å². The Morgan fingerprint density at radius 3 is 2.43 bits per heavy atom. The number of hydrogen-bond acceptors (Lipinski definition) is 7. The van der Waals surface area contributed by atoms with Crippen molar-refractivity contribution in [1.29, 1.82) is 0 Å². The fourth-order valence-corrected chi connectivity index (χ4v) is 9.39. The highest BCUT2D eigenvalue weighted by molar-refractivity contribution is 5.88. The van der Waals surface area contributed by atoms with Crippen LogP contribution in [0.4, 0.5) is 0 Å². The molecule has 0 amide bonds. The zero-order valence-electron chi connectivity index (χ0n) is 23.3. The van der Waals surface area contributed by atoms with Gasteiger partial charge >= 0.3 is 11.9 Å². The molecule has 0 unspecified atom stereocenters. The first kappa shape index (κ1) is 28.5.